The summed E-state index contributed by atoms with van der Waals surface area (Å²) in [5.74, 6) is 0.997. The lowest BCUT2D eigenvalue weighted by molar-refractivity contribution is 0.728. The van der Waals surface area contributed by atoms with E-state index in [1.807, 2.05) is 12.1 Å². The summed E-state index contributed by atoms with van der Waals surface area (Å²) in [6.45, 7) is 0.899. The van der Waals surface area contributed by atoms with E-state index in [2.05, 4.69) is 68.9 Å². The summed E-state index contributed by atoms with van der Waals surface area (Å²) in [6, 6.07) is 20.8. The molecule has 3 aromatic rings. The molecule has 0 aliphatic carbocycles. The number of hydrogen-bond acceptors (Lipinski definition) is 4. The Hall–Kier alpha value is -2.18. The van der Waals surface area contributed by atoms with Crippen molar-refractivity contribution in [3.8, 4) is 16.9 Å². The van der Waals surface area contributed by atoms with Gasteiger partial charge in [0.2, 0.25) is 4.80 Å². The number of amidine groups is 1. The minimum Gasteiger partial charge on any atom is -0.284 e. The summed E-state index contributed by atoms with van der Waals surface area (Å²) >= 11 is 1.64. The van der Waals surface area contributed by atoms with Gasteiger partial charge in [0.05, 0.1) is 5.69 Å². The van der Waals surface area contributed by atoms with E-state index in [9.17, 15) is 0 Å². The smallest absolute Gasteiger partial charge is 0.213 e. The van der Waals surface area contributed by atoms with Crippen LogP contribution in [-0.4, -0.2) is 16.9 Å². The zero-order chi connectivity index (χ0) is 17.6. The summed E-state index contributed by atoms with van der Waals surface area (Å²) in [5, 5.41) is 6.86. The predicted octanol–water partition coefficient (Wildman–Crippen LogP) is 5.16. The molecule has 140 valence electrons. The minimum atomic E-state index is 0. The Morgan fingerprint density at radius 3 is 2.44 bits per heavy atom. The largest absolute Gasteiger partial charge is 0.284 e. The topological polar surface area (TPSA) is 41.7 Å². The monoisotopic (exact) mass is 442 g/mol. The van der Waals surface area contributed by atoms with Crippen LogP contribution in [0.5, 0.6) is 0 Å². The van der Waals surface area contributed by atoms with E-state index in [1.54, 1.807) is 11.3 Å². The molecule has 1 N–H and O–H groups in total. The normalized spacial score (nSPS) is 14.8. The van der Waals surface area contributed by atoms with Gasteiger partial charge >= 0.3 is 0 Å². The molecule has 0 fully saturated rings. The van der Waals surface area contributed by atoms with Crippen LogP contribution in [0.2, 0.25) is 0 Å². The molecule has 0 atom stereocenters. The maximum atomic E-state index is 4.69. The van der Waals surface area contributed by atoms with Crippen molar-refractivity contribution in [2.24, 2.45) is 10.1 Å². The Morgan fingerprint density at radius 2 is 1.67 bits per heavy atom. The molecule has 6 heteroatoms. The van der Waals surface area contributed by atoms with Crippen LogP contribution >= 0.6 is 28.3 Å². The number of rotatable bonds is 3. The molecule has 0 unspecified atom stereocenters. The highest BCUT2D eigenvalue weighted by molar-refractivity contribution is 8.93. The van der Waals surface area contributed by atoms with Crippen LogP contribution in [0.1, 0.15) is 25.7 Å². The average Bonchev–Trinajstić information content (AvgIpc) is 2.95. The number of hydrogen-bond donors (Lipinski definition) is 1. The van der Waals surface area contributed by atoms with Crippen LogP contribution in [0.4, 0.5) is 0 Å². The summed E-state index contributed by atoms with van der Waals surface area (Å²) in [5.41, 5.74) is 6.65. The molecule has 1 aromatic heterocycles. The van der Waals surface area contributed by atoms with Crippen molar-refractivity contribution in [1.82, 2.24) is 9.99 Å². The first-order valence-corrected chi connectivity index (χ1v) is 9.94. The van der Waals surface area contributed by atoms with Crippen molar-refractivity contribution in [3.05, 3.63) is 70.8 Å². The summed E-state index contributed by atoms with van der Waals surface area (Å²) in [7, 11) is 0. The number of nitrogens with one attached hydrogen (secondary N) is 1. The van der Waals surface area contributed by atoms with E-state index in [0.29, 0.717) is 0 Å². The Balaban J connectivity index is 0.00000210. The molecule has 0 spiro atoms. The molecule has 0 bridgehead atoms. The molecule has 2 heterocycles. The van der Waals surface area contributed by atoms with E-state index in [-0.39, 0.29) is 17.0 Å². The third kappa shape index (κ3) is 4.76. The van der Waals surface area contributed by atoms with Gasteiger partial charge in [-0.25, -0.2) is 0 Å². The van der Waals surface area contributed by atoms with Crippen molar-refractivity contribution in [1.29, 1.82) is 0 Å². The van der Waals surface area contributed by atoms with Crippen LogP contribution in [0.25, 0.3) is 16.9 Å². The summed E-state index contributed by atoms with van der Waals surface area (Å²) in [6.07, 6.45) is 4.58. The number of para-hydroxylation sites is 1. The van der Waals surface area contributed by atoms with Gasteiger partial charge in [-0.2, -0.15) is 0 Å². The molecule has 0 radical (unpaired) electrons. The third-order valence-corrected chi connectivity index (χ3v) is 5.27. The van der Waals surface area contributed by atoms with Gasteiger partial charge in [-0.15, -0.1) is 33.4 Å². The number of nitrogens with zero attached hydrogens (tertiary/aromatic N) is 3. The number of thiazole rings is 1. The predicted molar refractivity (Wildman–Crippen MR) is 119 cm³/mol. The van der Waals surface area contributed by atoms with Crippen LogP contribution in [0.3, 0.4) is 0 Å². The molecule has 0 amide bonds. The molecule has 0 saturated carbocycles. The van der Waals surface area contributed by atoms with E-state index in [4.69, 9.17) is 5.10 Å². The Morgan fingerprint density at radius 1 is 0.926 bits per heavy atom. The minimum absolute atomic E-state index is 0. The first-order valence-electron chi connectivity index (χ1n) is 9.06. The van der Waals surface area contributed by atoms with Crippen molar-refractivity contribution >= 4 is 34.2 Å². The summed E-state index contributed by atoms with van der Waals surface area (Å²) in [4.78, 5) is 5.53. The van der Waals surface area contributed by atoms with Gasteiger partial charge in [0.25, 0.3) is 0 Å². The lowest BCUT2D eigenvalue weighted by atomic mass is 10.1. The second kappa shape index (κ2) is 9.67. The molecule has 4 nitrogen and oxygen atoms in total. The van der Waals surface area contributed by atoms with Gasteiger partial charge in [-0.1, -0.05) is 55.0 Å². The van der Waals surface area contributed by atoms with E-state index < -0.39 is 0 Å². The zero-order valence-corrected chi connectivity index (χ0v) is 17.6. The maximum Gasteiger partial charge on any atom is 0.213 e. The van der Waals surface area contributed by atoms with Gasteiger partial charge in [-0.3, -0.25) is 15.0 Å². The average molecular weight is 443 g/mol. The van der Waals surface area contributed by atoms with Crippen molar-refractivity contribution in [2.75, 3.05) is 6.54 Å². The van der Waals surface area contributed by atoms with Crippen LogP contribution < -0.4 is 10.2 Å². The lowest BCUT2D eigenvalue weighted by Crippen LogP contribution is -2.24. The fourth-order valence-corrected chi connectivity index (χ4v) is 3.97. The molecule has 2 aromatic carbocycles. The Kier molecular flexibility index (Phi) is 7.01. The lowest BCUT2D eigenvalue weighted by Gasteiger charge is -2.09. The fraction of sp³-hybridized carbons (Fsp3) is 0.238. The molecular formula is C21H23BrN4S. The van der Waals surface area contributed by atoms with E-state index in [1.165, 1.54) is 24.8 Å². The van der Waals surface area contributed by atoms with Crippen LogP contribution in [0.15, 0.2) is 76.1 Å². The van der Waals surface area contributed by atoms with Crippen molar-refractivity contribution < 1.29 is 0 Å². The second-order valence-electron chi connectivity index (χ2n) is 6.30. The SMILES string of the molecule is Br.c1ccc(-c2cs/c(=N/NC3=NCCCCC3)n2-c2ccccc2)cc1. The van der Waals surface area contributed by atoms with Crippen molar-refractivity contribution in [2.45, 2.75) is 25.7 Å². The fourth-order valence-electron chi connectivity index (χ4n) is 3.10. The molecule has 1 aliphatic rings. The first-order chi connectivity index (χ1) is 12.9. The number of benzene rings is 2. The summed E-state index contributed by atoms with van der Waals surface area (Å²) < 4.78 is 2.20. The highest BCUT2D eigenvalue weighted by Gasteiger charge is 2.10. The number of aromatic nitrogens is 1. The van der Waals surface area contributed by atoms with Gasteiger partial charge in [0, 0.05) is 24.0 Å². The maximum absolute atomic E-state index is 4.69. The highest BCUT2D eigenvalue weighted by Crippen LogP contribution is 2.23. The van der Waals surface area contributed by atoms with Gasteiger partial charge in [-0.05, 0) is 30.5 Å². The van der Waals surface area contributed by atoms with E-state index >= 15 is 0 Å². The molecule has 27 heavy (non-hydrogen) atoms. The Bertz CT molecular complexity index is 945. The van der Waals surface area contributed by atoms with Crippen LogP contribution in [-0.2, 0) is 0 Å². The standard InChI is InChI=1S/C21H22N4S.BrH/c1-4-10-17(11-5-1)19-16-26-21(25(19)18-12-6-2-7-13-18)24-23-20-14-8-3-9-15-22-20;/h1-2,4-7,10-13,16H,3,8-9,14-15H2,(H,22,23);1H/b24-21+;. The molecule has 0 saturated heterocycles. The quantitative estimate of drug-likeness (QED) is 0.558. The van der Waals surface area contributed by atoms with Gasteiger partial charge < -0.3 is 0 Å². The molecule has 4 rings (SSSR count). The zero-order valence-electron chi connectivity index (χ0n) is 15.0. The molecular weight excluding hydrogens is 420 g/mol. The van der Waals surface area contributed by atoms with Crippen molar-refractivity contribution in [3.63, 3.8) is 0 Å². The van der Waals surface area contributed by atoms with Gasteiger partial charge in [0.15, 0.2) is 0 Å². The number of halogens is 1. The first kappa shape index (κ1) is 19.6. The third-order valence-electron chi connectivity index (χ3n) is 4.45. The van der Waals surface area contributed by atoms with Gasteiger partial charge in [0.1, 0.15) is 5.84 Å². The highest BCUT2D eigenvalue weighted by atomic mass is 79.9. The van der Waals surface area contributed by atoms with Crippen LogP contribution in [0, 0.1) is 0 Å². The molecule has 1 aliphatic heterocycles. The second-order valence-corrected chi connectivity index (χ2v) is 7.14. The Labute approximate surface area is 174 Å². The van der Waals surface area contributed by atoms with E-state index in [0.717, 1.165) is 35.0 Å². The number of aliphatic imine (C=N–C) groups is 1.